The summed E-state index contributed by atoms with van der Waals surface area (Å²) in [4.78, 5) is 52.7. The fraction of sp³-hybridized carbons (Fsp3) is 0.241. The molecule has 38 heavy (non-hydrogen) atoms. The predicted molar refractivity (Wildman–Crippen MR) is 147 cm³/mol. The molecule has 1 N–H and O–H groups in total. The van der Waals surface area contributed by atoms with E-state index in [-0.39, 0.29) is 35.1 Å². The Kier molecular flexibility index (Phi) is 7.63. The van der Waals surface area contributed by atoms with Gasteiger partial charge >= 0.3 is 5.97 Å². The number of ether oxygens (including phenoxy) is 1. The number of halogens is 2. The number of carbonyl (C=O) groups excluding carboxylic acids is 4. The maximum absolute atomic E-state index is 13.4. The third-order valence-electron chi connectivity index (χ3n) is 7.08. The van der Waals surface area contributed by atoms with Gasteiger partial charge in [0.2, 0.25) is 11.8 Å². The highest BCUT2D eigenvalue weighted by molar-refractivity contribution is 9.10. The number of rotatable bonds is 6. The number of imide groups is 1. The molecular weight excluding hydrogens is 572 g/mol. The summed E-state index contributed by atoms with van der Waals surface area (Å²) in [5, 5.41) is 2.92. The van der Waals surface area contributed by atoms with E-state index in [2.05, 4.69) is 33.4 Å². The molecule has 1 heterocycles. The highest BCUT2D eigenvalue weighted by atomic mass is 79.9. The van der Waals surface area contributed by atoms with Gasteiger partial charge in [0, 0.05) is 4.47 Å². The van der Waals surface area contributed by atoms with Crippen molar-refractivity contribution in [2.75, 3.05) is 16.8 Å². The molecule has 9 heteroatoms. The first-order valence-corrected chi connectivity index (χ1v) is 13.4. The zero-order valence-corrected chi connectivity index (χ0v) is 22.6. The van der Waals surface area contributed by atoms with Gasteiger partial charge in [-0.15, -0.1) is 0 Å². The zero-order valence-electron chi connectivity index (χ0n) is 20.2. The van der Waals surface area contributed by atoms with E-state index in [9.17, 15) is 19.2 Å². The fourth-order valence-corrected chi connectivity index (χ4v) is 5.95. The van der Waals surface area contributed by atoms with Gasteiger partial charge in [0.1, 0.15) is 0 Å². The van der Waals surface area contributed by atoms with E-state index < -0.39 is 18.5 Å². The quantitative estimate of drug-likeness (QED) is 0.280. The molecule has 1 aliphatic heterocycles. The van der Waals surface area contributed by atoms with Crippen LogP contribution < -0.4 is 10.2 Å². The number of nitrogens with zero attached hydrogens (tertiary/aromatic N) is 1. The maximum Gasteiger partial charge on any atom is 0.338 e. The molecule has 2 fully saturated rings. The number of anilines is 2. The number of fused-ring (bicyclic) bond motifs is 1. The molecule has 0 bridgehead atoms. The van der Waals surface area contributed by atoms with Crippen LogP contribution in [0.2, 0.25) is 5.02 Å². The SMILES string of the molecule is O=C(COC(=O)c1cccc(N2C(=O)[C@@H]3CC[C@@H](c4ccccc4)C[C@H]3C2=O)c1)Nc1ccc(Br)cc1Cl. The number of carbonyl (C=O) groups is 4. The second kappa shape index (κ2) is 11.1. The van der Waals surface area contributed by atoms with E-state index in [4.69, 9.17) is 16.3 Å². The highest BCUT2D eigenvalue weighted by Gasteiger charge is 2.50. The van der Waals surface area contributed by atoms with Gasteiger partial charge in [-0.25, -0.2) is 4.79 Å². The van der Waals surface area contributed by atoms with Crippen LogP contribution in [0.5, 0.6) is 0 Å². The monoisotopic (exact) mass is 594 g/mol. The van der Waals surface area contributed by atoms with E-state index in [0.717, 1.165) is 10.9 Å². The molecule has 0 radical (unpaired) electrons. The Hall–Kier alpha value is -3.49. The van der Waals surface area contributed by atoms with E-state index in [1.54, 1.807) is 30.3 Å². The Morgan fingerprint density at radius 3 is 2.47 bits per heavy atom. The molecule has 3 aromatic carbocycles. The number of amides is 3. The van der Waals surface area contributed by atoms with Crippen molar-refractivity contribution < 1.29 is 23.9 Å². The molecule has 1 saturated carbocycles. The summed E-state index contributed by atoms with van der Waals surface area (Å²) >= 11 is 9.40. The van der Waals surface area contributed by atoms with Gasteiger partial charge < -0.3 is 10.1 Å². The molecule has 1 aliphatic carbocycles. The van der Waals surface area contributed by atoms with Gasteiger partial charge in [-0.05, 0) is 67.1 Å². The lowest BCUT2D eigenvalue weighted by molar-refractivity contribution is -0.122. The first-order chi connectivity index (χ1) is 18.3. The minimum atomic E-state index is -0.746. The van der Waals surface area contributed by atoms with Crippen molar-refractivity contribution in [3.8, 4) is 0 Å². The smallest absolute Gasteiger partial charge is 0.338 e. The molecule has 3 amide bonds. The summed E-state index contributed by atoms with van der Waals surface area (Å²) < 4.78 is 5.92. The number of benzene rings is 3. The van der Waals surface area contributed by atoms with E-state index in [1.807, 2.05) is 18.2 Å². The molecule has 3 aromatic rings. The highest BCUT2D eigenvalue weighted by Crippen LogP contribution is 2.45. The van der Waals surface area contributed by atoms with Crippen LogP contribution >= 0.6 is 27.5 Å². The molecule has 5 rings (SSSR count). The van der Waals surface area contributed by atoms with Crippen molar-refractivity contribution in [2.24, 2.45) is 11.8 Å². The van der Waals surface area contributed by atoms with E-state index in [1.165, 1.54) is 22.6 Å². The Morgan fingerprint density at radius 2 is 1.71 bits per heavy atom. The minimum absolute atomic E-state index is 0.134. The predicted octanol–water partition coefficient (Wildman–Crippen LogP) is 5.97. The van der Waals surface area contributed by atoms with Crippen molar-refractivity contribution in [1.29, 1.82) is 0 Å². The zero-order chi connectivity index (χ0) is 26.8. The van der Waals surface area contributed by atoms with Crippen molar-refractivity contribution in [3.05, 3.63) is 93.4 Å². The number of nitrogens with one attached hydrogen (secondary N) is 1. The Labute approximate surface area is 233 Å². The third-order valence-corrected chi connectivity index (χ3v) is 7.88. The van der Waals surface area contributed by atoms with Crippen molar-refractivity contribution in [3.63, 3.8) is 0 Å². The van der Waals surface area contributed by atoms with Crippen LogP contribution in [0.1, 0.15) is 41.1 Å². The average Bonchev–Trinajstić information content (AvgIpc) is 3.18. The third kappa shape index (κ3) is 5.37. The Bertz CT molecular complexity index is 1410. The first kappa shape index (κ1) is 26.1. The molecule has 1 saturated heterocycles. The van der Waals surface area contributed by atoms with Gasteiger partial charge in [-0.3, -0.25) is 19.3 Å². The Balaban J connectivity index is 1.24. The summed E-state index contributed by atoms with van der Waals surface area (Å²) in [5.74, 6) is -2.28. The molecule has 2 aliphatic rings. The van der Waals surface area contributed by atoms with Crippen molar-refractivity contribution >= 4 is 62.6 Å². The molecule has 0 unspecified atom stereocenters. The largest absolute Gasteiger partial charge is 0.452 e. The molecule has 7 nitrogen and oxygen atoms in total. The topological polar surface area (TPSA) is 92.8 Å². The van der Waals surface area contributed by atoms with E-state index >= 15 is 0 Å². The van der Waals surface area contributed by atoms with Crippen LogP contribution in [-0.2, 0) is 19.1 Å². The number of hydrogen-bond donors (Lipinski definition) is 1. The normalized spacial score (nSPS) is 20.7. The maximum atomic E-state index is 13.4. The summed E-state index contributed by atoms with van der Waals surface area (Å²) in [6, 6.07) is 21.2. The second-order valence-corrected chi connectivity index (χ2v) is 10.8. The van der Waals surface area contributed by atoms with Gasteiger partial charge in [-0.2, -0.15) is 0 Å². The van der Waals surface area contributed by atoms with Crippen molar-refractivity contribution in [2.45, 2.75) is 25.2 Å². The number of hydrogen-bond acceptors (Lipinski definition) is 5. The van der Waals surface area contributed by atoms with Crippen molar-refractivity contribution in [1.82, 2.24) is 0 Å². The lowest BCUT2D eigenvalue weighted by Gasteiger charge is -2.28. The fourth-order valence-electron chi connectivity index (χ4n) is 5.23. The van der Waals surface area contributed by atoms with Crippen LogP contribution in [0.4, 0.5) is 11.4 Å². The second-order valence-electron chi connectivity index (χ2n) is 9.44. The first-order valence-electron chi connectivity index (χ1n) is 12.3. The van der Waals surface area contributed by atoms with E-state index in [0.29, 0.717) is 29.2 Å². The number of esters is 1. The molecule has 3 atom stereocenters. The molecule has 0 spiro atoms. The van der Waals surface area contributed by atoms with Gasteiger partial charge in [-0.1, -0.05) is 63.9 Å². The van der Waals surface area contributed by atoms with Gasteiger partial charge in [0.25, 0.3) is 5.91 Å². The van der Waals surface area contributed by atoms with Crippen LogP contribution in [-0.4, -0.2) is 30.3 Å². The average molecular weight is 596 g/mol. The molecular formula is C29H24BrClN2O5. The van der Waals surface area contributed by atoms with Gasteiger partial charge in [0.05, 0.1) is 33.8 Å². The Morgan fingerprint density at radius 1 is 0.947 bits per heavy atom. The lowest BCUT2D eigenvalue weighted by atomic mass is 9.73. The lowest BCUT2D eigenvalue weighted by Crippen LogP contribution is -2.31. The summed E-state index contributed by atoms with van der Waals surface area (Å²) in [6.45, 7) is -0.526. The van der Waals surface area contributed by atoms with Crippen LogP contribution in [0.15, 0.2) is 77.3 Å². The van der Waals surface area contributed by atoms with Crippen LogP contribution in [0, 0.1) is 11.8 Å². The molecule has 0 aromatic heterocycles. The minimum Gasteiger partial charge on any atom is -0.452 e. The van der Waals surface area contributed by atoms with Crippen LogP contribution in [0.3, 0.4) is 0 Å². The summed E-state index contributed by atoms with van der Waals surface area (Å²) in [5.41, 5.74) is 2.03. The van der Waals surface area contributed by atoms with Crippen LogP contribution in [0.25, 0.3) is 0 Å². The summed E-state index contributed by atoms with van der Waals surface area (Å²) in [6.07, 6.45) is 2.11. The van der Waals surface area contributed by atoms with Gasteiger partial charge in [0.15, 0.2) is 6.61 Å². The molecule has 194 valence electrons. The standard InChI is InChI=1S/C29H24BrClN2O5/c30-20-10-12-25(24(31)15-20)32-26(34)16-38-29(37)19-7-4-8-21(13-19)33-27(35)22-11-9-18(14-23(22)28(33)36)17-5-2-1-3-6-17/h1-8,10,12-13,15,18,22-23H,9,11,14,16H2,(H,32,34)/t18-,22-,23-/m1/s1. The summed E-state index contributed by atoms with van der Waals surface area (Å²) in [7, 11) is 0.